The molecule has 7 atom stereocenters. The number of carbonyl (C=O) groups is 8. The molecular weight excluding hydrogens is 612 g/mol. The zero-order valence-corrected chi connectivity index (χ0v) is 27.3. The first kappa shape index (κ1) is 39.1. The highest BCUT2D eigenvalue weighted by Gasteiger charge is 2.41. The Balaban J connectivity index is 3.17. The summed E-state index contributed by atoms with van der Waals surface area (Å²) in [7, 11) is 0. The van der Waals surface area contributed by atoms with Crippen molar-refractivity contribution in [2.45, 2.75) is 103 Å². The van der Waals surface area contributed by atoms with Gasteiger partial charge in [-0.05, 0) is 31.6 Å². The summed E-state index contributed by atoms with van der Waals surface area (Å²) in [5.74, 6) is -8.00. The summed E-state index contributed by atoms with van der Waals surface area (Å²) in [4.78, 5) is 101. The van der Waals surface area contributed by atoms with Gasteiger partial charge in [-0.2, -0.15) is 12.6 Å². The molecule has 17 heteroatoms. The molecule has 0 saturated carbocycles. The molecule has 1 heterocycles. The van der Waals surface area contributed by atoms with E-state index >= 15 is 0 Å². The van der Waals surface area contributed by atoms with Gasteiger partial charge in [-0.25, -0.2) is 4.79 Å². The number of hydrogen-bond acceptors (Lipinski definition) is 9. The molecule has 0 spiro atoms. The number of nitrogens with zero attached hydrogens (tertiary/aromatic N) is 1. The van der Waals surface area contributed by atoms with Crippen LogP contribution in [0.3, 0.4) is 0 Å². The molecule has 254 valence electrons. The Bertz CT molecular complexity index is 1140. The molecule has 0 radical (unpaired) electrons. The van der Waals surface area contributed by atoms with Crippen molar-refractivity contribution >= 4 is 60.0 Å². The summed E-state index contributed by atoms with van der Waals surface area (Å²) in [6.07, 6.45) is 0.362. The van der Waals surface area contributed by atoms with Crippen molar-refractivity contribution in [1.82, 2.24) is 31.5 Å². The van der Waals surface area contributed by atoms with Gasteiger partial charge >= 0.3 is 11.9 Å². The molecular formula is C28H46N6O10S. The van der Waals surface area contributed by atoms with Crippen LogP contribution in [-0.4, -0.2) is 111 Å². The molecule has 7 N–H and O–H groups in total. The first-order chi connectivity index (χ1) is 20.9. The van der Waals surface area contributed by atoms with E-state index in [0.29, 0.717) is 12.8 Å². The van der Waals surface area contributed by atoms with Crippen LogP contribution in [0.1, 0.15) is 67.2 Å². The average Bonchev–Trinajstić information content (AvgIpc) is 3.45. The standard InChI is InChI=1S/C28H46N6O10S/c1-7-14(4)22(33-24(39)17(11-20(36)37)30-23(38)15(5)29-16(6)35)26(41)32-21(13(2)3)27(42)34-10-8-9-19(34)25(40)31-18(12-45)28(43)44/h13-15,17-19,21-22,45H,7-12H2,1-6H3,(H,29,35)(H,30,38)(H,31,40)(H,32,41)(H,33,39)(H,36,37)(H,43,44)/t14?,15?,17-,18?,19?,21?,22?/m1/s1. The van der Waals surface area contributed by atoms with Crippen LogP contribution in [0.15, 0.2) is 0 Å². The second kappa shape index (κ2) is 18.2. The van der Waals surface area contributed by atoms with E-state index in [1.807, 2.05) is 0 Å². The second-order valence-electron chi connectivity index (χ2n) is 11.5. The summed E-state index contributed by atoms with van der Waals surface area (Å²) in [6, 6.07) is -7.21. The van der Waals surface area contributed by atoms with Crippen molar-refractivity contribution in [2.24, 2.45) is 11.8 Å². The molecule has 1 aliphatic heterocycles. The maximum absolute atomic E-state index is 13.7. The van der Waals surface area contributed by atoms with Gasteiger partial charge in [-0.3, -0.25) is 33.6 Å². The third-order valence-electron chi connectivity index (χ3n) is 7.48. The number of rotatable bonds is 17. The molecule has 1 fully saturated rings. The van der Waals surface area contributed by atoms with Gasteiger partial charge in [0.25, 0.3) is 0 Å². The van der Waals surface area contributed by atoms with Gasteiger partial charge in [-0.1, -0.05) is 34.1 Å². The van der Waals surface area contributed by atoms with Crippen molar-refractivity contribution in [3.05, 3.63) is 0 Å². The number of aliphatic carboxylic acids is 2. The summed E-state index contributed by atoms with van der Waals surface area (Å²) < 4.78 is 0. The predicted octanol–water partition coefficient (Wildman–Crippen LogP) is -1.37. The summed E-state index contributed by atoms with van der Waals surface area (Å²) >= 11 is 3.95. The Morgan fingerprint density at radius 3 is 1.91 bits per heavy atom. The smallest absolute Gasteiger partial charge is 0.327 e. The molecule has 6 amide bonds. The third-order valence-corrected chi connectivity index (χ3v) is 7.85. The van der Waals surface area contributed by atoms with E-state index < -0.39 is 102 Å². The van der Waals surface area contributed by atoms with E-state index in [1.54, 1.807) is 27.7 Å². The third kappa shape index (κ3) is 11.9. The van der Waals surface area contributed by atoms with E-state index in [4.69, 9.17) is 0 Å². The molecule has 0 bridgehead atoms. The van der Waals surface area contributed by atoms with Crippen LogP contribution in [0.4, 0.5) is 0 Å². The SMILES string of the molecule is CCC(C)C(NC(=O)[C@@H](CC(=O)O)NC(=O)C(C)NC(C)=O)C(=O)NC(C(=O)N1CCCC1C(=O)NC(CS)C(=O)O)C(C)C. The van der Waals surface area contributed by atoms with Crippen LogP contribution in [-0.2, 0) is 38.4 Å². The van der Waals surface area contributed by atoms with Gasteiger partial charge in [0.05, 0.1) is 6.42 Å². The van der Waals surface area contributed by atoms with E-state index in [1.165, 1.54) is 18.7 Å². The second-order valence-corrected chi connectivity index (χ2v) is 11.8. The molecule has 1 rings (SSSR count). The van der Waals surface area contributed by atoms with Crippen LogP contribution in [0, 0.1) is 11.8 Å². The van der Waals surface area contributed by atoms with Crippen molar-refractivity contribution in [3.63, 3.8) is 0 Å². The first-order valence-corrected chi connectivity index (χ1v) is 15.4. The minimum atomic E-state index is -1.58. The molecule has 16 nitrogen and oxygen atoms in total. The van der Waals surface area contributed by atoms with E-state index in [2.05, 4.69) is 39.2 Å². The van der Waals surface area contributed by atoms with E-state index in [9.17, 15) is 48.6 Å². The average molecular weight is 659 g/mol. The van der Waals surface area contributed by atoms with Crippen LogP contribution in [0.2, 0.25) is 0 Å². The van der Waals surface area contributed by atoms with Crippen molar-refractivity contribution in [3.8, 4) is 0 Å². The number of amides is 6. The minimum Gasteiger partial charge on any atom is -0.481 e. The molecule has 0 aromatic carbocycles. The van der Waals surface area contributed by atoms with Crippen molar-refractivity contribution in [1.29, 1.82) is 0 Å². The fourth-order valence-corrected chi connectivity index (χ4v) is 4.95. The first-order valence-electron chi connectivity index (χ1n) is 14.8. The molecule has 6 unspecified atom stereocenters. The maximum Gasteiger partial charge on any atom is 0.327 e. The van der Waals surface area contributed by atoms with Crippen LogP contribution in [0.25, 0.3) is 0 Å². The highest BCUT2D eigenvalue weighted by atomic mass is 32.1. The van der Waals surface area contributed by atoms with Crippen LogP contribution in [0.5, 0.6) is 0 Å². The highest BCUT2D eigenvalue weighted by Crippen LogP contribution is 2.21. The molecule has 1 aliphatic rings. The number of carbonyl (C=O) groups excluding carboxylic acids is 6. The molecule has 1 saturated heterocycles. The number of hydrogen-bond donors (Lipinski definition) is 8. The Morgan fingerprint density at radius 1 is 0.822 bits per heavy atom. The lowest BCUT2D eigenvalue weighted by molar-refractivity contribution is -0.145. The topological polar surface area (TPSA) is 240 Å². The van der Waals surface area contributed by atoms with Crippen molar-refractivity contribution in [2.75, 3.05) is 12.3 Å². The Hall–Kier alpha value is -3.89. The number of thiol groups is 1. The molecule has 0 aromatic heterocycles. The Kier molecular flexibility index (Phi) is 15.8. The molecule has 0 aliphatic carbocycles. The fraction of sp³-hybridized carbons (Fsp3) is 0.714. The quantitative estimate of drug-likeness (QED) is 0.0853. The number of carboxylic acid groups (broad SMARTS) is 2. The van der Waals surface area contributed by atoms with Crippen LogP contribution >= 0.6 is 12.6 Å². The maximum atomic E-state index is 13.7. The van der Waals surface area contributed by atoms with E-state index in [0.717, 1.165) is 0 Å². The Labute approximate surface area is 267 Å². The zero-order chi connectivity index (χ0) is 34.6. The van der Waals surface area contributed by atoms with Crippen molar-refractivity contribution < 1.29 is 48.6 Å². The number of nitrogens with one attached hydrogen (secondary N) is 5. The lowest BCUT2D eigenvalue weighted by Crippen LogP contribution is -2.61. The monoisotopic (exact) mass is 658 g/mol. The normalized spacial score (nSPS) is 18.4. The lowest BCUT2D eigenvalue weighted by Gasteiger charge is -2.33. The summed E-state index contributed by atoms with van der Waals surface area (Å²) in [5, 5.41) is 30.8. The number of carboxylic acids is 2. The van der Waals surface area contributed by atoms with Crippen LogP contribution < -0.4 is 26.6 Å². The Morgan fingerprint density at radius 2 is 1.42 bits per heavy atom. The minimum absolute atomic E-state index is 0.152. The lowest BCUT2D eigenvalue weighted by atomic mass is 9.95. The van der Waals surface area contributed by atoms with Gasteiger partial charge in [0.1, 0.15) is 36.3 Å². The van der Waals surface area contributed by atoms with Gasteiger partial charge < -0.3 is 41.7 Å². The zero-order valence-electron chi connectivity index (χ0n) is 26.4. The number of likely N-dealkylation sites (tertiary alicyclic amines) is 1. The summed E-state index contributed by atoms with van der Waals surface area (Å²) in [6.45, 7) is 9.53. The molecule has 0 aromatic rings. The largest absolute Gasteiger partial charge is 0.481 e. The van der Waals surface area contributed by atoms with Gasteiger partial charge in [0, 0.05) is 19.2 Å². The molecule has 45 heavy (non-hydrogen) atoms. The van der Waals surface area contributed by atoms with Gasteiger partial charge in [-0.15, -0.1) is 0 Å². The highest BCUT2D eigenvalue weighted by molar-refractivity contribution is 7.80. The van der Waals surface area contributed by atoms with E-state index in [-0.39, 0.29) is 18.7 Å². The summed E-state index contributed by atoms with van der Waals surface area (Å²) in [5.41, 5.74) is 0. The predicted molar refractivity (Wildman–Crippen MR) is 164 cm³/mol. The van der Waals surface area contributed by atoms with Gasteiger partial charge in [0.15, 0.2) is 0 Å². The fourth-order valence-electron chi connectivity index (χ4n) is 4.70. The van der Waals surface area contributed by atoms with Gasteiger partial charge in [0.2, 0.25) is 35.4 Å².